The molecule has 0 bridgehead atoms. The zero-order chi connectivity index (χ0) is 11.7. The number of hydrogen-bond donors (Lipinski definition) is 1. The Balaban J connectivity index is 1.83. The molecule has 3 aromatic rings. The summed E-state index contributed by atoms with van der Waals surface area (Å²) in [5.41, 5.74) is 1.15. The minimum Gasteiger partial charge on any atom is -0.365 e. The van der Waals surface area contributed by atoms with Gasteiger partial charge in [-0.1, -0.05) is 0 Å². The molecule has 0 aromatic carbocycles. The molecule has 3 heterocycles. The second kappa shape index (κ2) is 4.18. The van der Waals surface area contributed by atoms with Gasteiger partial charge in [0.2, 0.25) is 0 Å². The van der Waals surface area contributed by atoms with Gasteiger partial charge in [-0.2, -0.15) is 5.10 Å². The van der Waals surface area contributed by atoms with Crippen LogP contribution >= 0.6 is 11.3 Å². The monoisotopic (exact) mass is 244 g/mol. The third kappa shape index (κ3) is 2.01. The summed E-state index contributed by atoms with van der Waals surface area (Å²) in [7, 11) is 1.92. The molecule has 17 heavy (non-hydrogen) atoms. The predicted molar refractivity (Wildman–Crippen MR) is 70.2 cm³/mol. The lowest BCUT2D eigenvalue weighted by molar-refractivity contribution is 0.767. The lowest BCUT2D eigenvalue weighted by atomic mass is 10.3. The van der Waals surface area contributed by atoms with Gasteiger partial charge in [0, 0.05) is 41.6 Å². The number of nitrogens with one attached hydrogen (secondary N) is 1. The lowest BCUT2D eigenvalue weighted by Gasteiger charge is -2.04. The standard InChI is InChI=1S/C12H12N4S/c1-16-8-9(7-15-16)6-14-12-10-3-5-17-11(10)2-4-13-12/h2-5,7-8H,6H2,1H3,(H,13,14). The smallest absolute Gasteiger partial charge is 0.134 e. The molecule has 0 radical (unpaired) electrons. The SMILES string of the molecule is Cn1cc(CNc2nccc3sccc23)cn1. The van der Waals surface area contributed by atoms with Crippen LogP contribution in [0.15, 0.2) is 36.1 Å². The Morgan fingerprint density at radius 3 is 3.18 bits per heavy atom. The van der Waals surface area contributed by atoms with Crippen LogP contribution in [0.2, 0.25) is 0 Å². The van der Waals surface area contributed by atoms with E-state index in [9.17, 15) is 0 Å². The van der Waals surface area contributed by atoms with Crippen molar-refractivity contribution >= 4 is 27.2 Å². The molecular formula is C12H12N4S. The van der Waals surface area contributed by atoms with E-state index in [1.807, 2.05) is 31.7 Å². The Kier molecular flexibility index (Phi) is 2.53. The summed E-state index contributed by atoms with van der Waals surface area (Å²) in [6, 6.07) is 4.13. The van der Waals surface area contributed by atoms with Gasteiger partial charge in [0.05, 0.1) is 6.20 Å². The van der Waals surface area contributed by atoms with Gasteiger partial charge < -0.3 is 5.32 Å². The van der Waals surface area contributed by atoms with E-state index in [0.717, 1.165) is 17.9 Å². The molecule has 0 aliphatic carbocycles. The van der Waals surface area contributed by atoms with Gasteiger partial charge in [-0.05, 0) is 17.5 Å². The van der Waals surface area contributed by atoms with E-state index < -0.39 is 0 Å². The number of nitrogens with zero attached hydrogens (tertiary/aromatic N) is 3. The summed E-state index contributed by atoms with van der Waals surface area (Å²) in [6.45, 7) is 0.746. The Hall–Kier alpha value is -1.88. The predicted octanol–water partition coefficient (Wildman–Crippen LogP) is 2.64. The highest BCUT2D eigenvalue weighted by Crippen LogP contribution is 2.25. The topological polar surface area (TPSA) is 42.7 Å². The maximum atomic E-state index is 4.37. The van der Waals surface area contributed by atoms with Crippen molar-refractivity contribution in [3.8, 4) is 0 Å². The minimum absolute atomic E-state index is 0.746. The quantitative estimate of drug-likeness (QED) is 0.770. The van der Waals surface area contributed by atoms with Crippen molar-refractivity contribution in [3.63, 3.8) is 0 Å². The van der Waals surface area contributed by atoms with Crippen LogP contribution in [-0.4, -0.2) is 14.8 Å². The third-order valence-electron chi connectivity index (χ3n) is 2.60. The molecule has 0 unspecified atom stereocenters. The van der Waals surface area contributed by atoms with Crippen LogP contribution < -0.4 is 5.32 Å². The first kappa shape index (κ1) is 10.3. The van der Waals surface area contributed by atoms with Crippen LogP contribution in [0.5, 0.6) is 0 Å². The Morgan fingerprint density at radius 1 is 1.41 bits per heavy atom. The van der Waals surface area contributed by atoms with Crippen LogP contribution in [0.25, 0.3) is 10.1 Å². The second-order valence-electron chi connectivity index (χ2n) is 3.87. The Morgan fingerprint density at radius 2 is 2.35 bits per heavy atom. The van der Waals surface area contributed by atoms with Crippen molar-refractivity contribution in [3.05, 3.63) is 41.7 Å². The largest absolute Gasteiger partial charge is 0.365 e. The molecule has 0 spiro atoms. The zero-order valence-electron chi connectivity index (χ0n) is 9.42. The molecule has 5 heteroatoms. The first-order chi connectivity index (χ1) is 8.33. The molecule has 0 fully saturated rings. The number of aromatic nitrogens is 3. The van der Waals surface area contributed by atoms with Gasteiger partial charge >= 0.3 is 0 Å². The summed E-state index contributed by atoms with van der Waals surface area (Å²) in [4.78, 5) is 4.37. The number of fused-ring (bicyclic) bond motifs is 1. The number of thiophene rings is 1. The maximum Gasteiger partial charge on any atom is 0.134 e. The molecule has 0 aliphatic heterocycles. The molecule has 4 nitrogen and oxygen atoms in total. The Bertz CT molecular complexity index is 641. The number of anilines is 1. The summed E-state index contributed by atoms with van der Waals surface area (Å²) >= 11 is 1.73. The van der Waals surface area contributed by atoms with E-state index in [0.29, 0.717) is 0 Å². The van der Waals surface area contributed by atoms with Gasteiger partial charge in [0.1, 0.15) is 5.82 Å². The highest BCUT2D eigenvalue weighted by atomic mass is 32.1. The average molecular weight is 244 g/mol. The lowest BCUT2D eigenvalue weighted by Crippen LogP contribution is -2.00. The van der Waals surface area contributed by atoms with E-state index in [1.165, 1.54) is 10.1 Å². The van der Waals surface area contributed by atoms with Crippen molar-refractivity contribution in [2.45, 2.75) is 6.54 Å². The molecule has 3 rings (SSSR count). The normalized spacial score (nSPS) is 10.9. The van der Waals surface area contributed by atoms with Gasteiger partial charge in [-0.25, -0.2) is 4.98 Å². The molecule has 0 atom stereocenters. The summed E-state index contributed by atoms with van der Waals surface area (Å²) in [5, 5.41) is 10.8. The summed E-state index contributed by atoms with van der Waals surface area (Å²) in [5.74, 6) is 0.938. The van der Waals surface area contributed by atoms with E-state index >= 15 is 0 Å². The van der Waals surface area contributed by atoms with E-state index in [4.69, 9.17) is 0 Å². The fourth-order valence-electron chi connectivity index (χ4n) is 1.78. The highest BCUT2D eigenvalue weighted by Gasteiger charge is 2.03. The van der Waals surface area contributed by atoms with E-state index in [2.05, 4.69) is 26.8 Å². The van der Waals surface area contributed by atoms with Crippen molar-refractivity contribution < 1.29 is 0 Å². The van der Waals surface area contributed by atoms with E-state index in [1.54, 1.807) is 16.0 Å². The number of rotatable bonds is 3. The second-order valence-corrected chi connectivity index (χ2v) is 4.82. The summed E-state index contributed by atoms with van der Waals surface area (Å²) < 4.78 is 3.06. The fourth-order valence-corrected chi connectivity index (χ4v) is 2.57. The molecule has 0 aliphatic rings. The third-order valence-corrected chi connectivity index (χ3v) is 3.48. The minimum atomic E-state index is 0.746. The highest BCUT2D eigenvalue weighted by molar-refractivity contribution is 7.17. The van der Waals surface area contributed by atoms with Crippen molar-refractivity contribution in [1.29, 1.82) is 0 Å². The molecule has 0 saturated heterocycles. The van der Waals surface area contributed by atoms with Crippen LogP contribution in [0, 0.1) is 0 Å². The van der Waals surface area contributed by atoms with Gasteiger partial charge in [0.25, 0.3) is 0 Å². The van der Waals surface area contributed by atoms with Crippen molar-refractivity contribution in [2.24, 2.45) is 7.05 Å². The fraction of sp³-hybridized carbons (Fsp3) is 0.167. The molecule has 0 saturated carbocycles. The van der Waals surface area contributed by atoms with Crippen molar-refractivity contribution in [2.75, 3.05) is 5.32 Å². The van der Waals surface area contributed by atoms with Crippen LogP contribution in [0.3, 0.4) is 0 Å². The summed E-state index contributed by atoms with van der Waals surface area (Å²) in [6.07, 6.45) is 5.70. The van der Waals surface area contributed by atoms with E-state index in [-0.39, 0.29) is 0 Å². The molecule has 1 N–H and O–H groups in total. The number of pyridine rings is 1. The van der Waals surface area contributed by atoms with Gasteiger partial charge in [0.15, 0.2) is 0 Å². The van der Waals surface area contributed by atoms with Crippen molar-refractivity contribution in [1.82, 2.24) is 14.8 Å². The first-order valence-electron chi connectivity index (χ1n) is 5.36. The first-order valence-corrected chi connectivity index (χ1v) is 6.24. The Labute approximate surface area is 103 Å². The molecule has 0 amide bonds. The molecular weight excluding hydrogens is 232 g/mol. The van der Waals surface area contributed by atoms with Crippen LogP contribution in [0.4, 0.5) is 5.82 Å². The number of aryl methyl sites for hydroxylation is 1. The van der Waals surface area contributed by atoms with Gasteiger partial charge in [-0.3, -0.25) is 4.68 Å². The van der Waals surface area contributed by atoms with Gasteiger partial charge in [-0.15, -0.1) is 11.3 Å². The van der Waals surface area contributed by atoms with Crippen LogP contribution in [0.1, 0.15) is 5.56 Å². The number of hydrogen-bond acceptors (Lipinski definition) is 4. The average Bonchev–Trinajstić information content (AvgIpc) is 2.94. The maximum absolute atomic E-state index is 4.37. The molecule has 3 aromatic heterocycles. The van der Waals surface area contributed by atoms with Crippen LogP contribution in [-0.2, 0) is 13.6 Å². The zero-order valence-corrected chi connectivity index (χ0v) is 10.2. The molecule has 86 valence electrons.